The molecule has 1 rings (SSSR count). The van der Waals surface area contributed by atoms with E-state index in [4.69, 9.17) is 15.2 Å². The first-order valence-electron chi connectivity index (χ1n) is 7.25. The molecule has 1 heterocycles. The van der Waals surface area contributed by atoms with Gasteiger partial charge in [0, 0.05) is 12.0 Å². The molecule has 1 fully saturated rings. The van der Waals surface area contributed by atoms with E-state index >= 15 is 0 Å². The highest BCUT2D eigenvalue weighted by Crippen LogP contribution is 2.29. The van der Waals surface area contributed by atoms with Gasteiger partial charge in [0.2, 0.25) is 0 Å². The molecule has 19 heavy (non-hydrogen) atoms. The van der Waals surface area contributed by atoms with Crippen LogP contribution in [0.1, 0.15) is 60.8 Å². The molecule has 114 valence electrons. The van der Waals surface area contributed by atoms with E-state index in [0.717, 1.165) is 12.8 Å². The van der Waals surface area contributed by atoms with Gasteiger partial charge in [-0.2, -0.15) is 0 Å². The first-order valence-corrected chi connectivity index (χ1v) is 7.25. The second-order valence-electron chi connectivity index (χ2n) is 7.66. The molecular formula is C15H31NO3. The zero-order valence-electron chi connectivity index (χ0n) is 13.3. The lowest BCUT2D eigenvalue weighted by Gasteiger charge is -2.41. The van der Waals surface area contributed by atoms with Crippen molar-refractivity contribution in [1.29, 1.82) is 0 Å². The smallest absolute Gasteiger partial charge is 0.155 e. The number of aliphatic hydroxyl groups excluding tert-OH is 1. The minimum absolute atomic E-state index is 0.0222. The average molecular weight is 273 g/mol. The Morgan fingerprint density at radius 1 is 1.21 bits per heavy atom. The fourth-order valence-corrected chi connectivity index (χ4v) is 2.61. The van der Waals surface area contributed by atoms with Gasteiger partial charge in [-0.25, -0.2) is 0 Å². The lowest BCUT2D eigenvalue weighted by molar-refractivity contribution is -0.249. The zero-order valence-corrected chi connectivity index (χ0v) is 13.3. The first kappa shape index (κ1) is 16.9. The van der Waals surface area contributed by atoms with Gasteiger partial charge >= 0.3 is 0 Å². The second kappa shape index (κ2) is 6.08. The summed E-state index contributed by atoms with van der Waals surface area (Å²) in [6.45, 7) is 12.2. The van der Waals surface area contributed by atoms with Crippen LogP contribution >= 0.6 is 0 Å². The summed E-state index contributed by atoms with van der Waals surface area (Å²) >= 11 is 0. The van der Waals surface area contributed by atoms with Crippen molar-refractivity contribution in [3.05, 3.63) is 0 Å². The van der Waals surface area contributed by atoms with E-state index in [1.54, 1.807) is 0 Å². The Labute approximate surface area is 117 Å². The van der Waals surface area contributed by atoms with Crippen molar-refractivity contribution in [2.24, 2.45) is 11.1 Å². The molecule has 0 radical (unpaired) electrons. The molecule has 1 aliphatic heterocycles. The van der Waals surface area contributed by atoms with Crippen LogP contribution in [0.3, 0.4) is 0 Å². The molecule has 0 saturated carbocycles. The molecule has 3 N–H and O–H groups in total. The van der Waals surface area contributed by atoms with E-state index in [2.05, 4.69) is 20.8 Å². The van der Waals surface area contributed by atoms with Gasteiger partial charge < -0.3 is 20.3 Å². The molecule has 4 heteroatoms. The van der Waals surface area contributed by atoms with Crippen molar-refractivity contribution >= 4 is 0 Å². The maximum Gasteiger partial charge on any atom is 0.155 e. The fraction of sp³-hybridized carbons (Fsp3) is 1.00. The SMILES string of the molecule is CC1OC(CC(O)CC(C)(C)C)CC(C(C)(C)N)O1. The number of rotatable bonds is 4. The Morgan fingerprint density at radius 2 is 1.79 bits per heavy atom. The van der Waals surface area contributed by atoms with Crippen LogP contribution in [0, 0.1) is 5.41 Å². The quantitative estimate of drug-likeness (QED) is 0.825. The van der Waals surface area contributed by atoms with Crippen LogP contribution in [0.15, 0.2) is 0 Å². The Bertz CT molecular complexity index is 280. The van der Waals surface area contributed by atoms with Gasteiger partial charge in [0.1, 0.15) is 0 Å². The molecule has 1 aliphatic rings. The third kappa shape index (κ3) is 6.21. The van der Waals surface area contributed by atoms with Crippen LogP contribution in [0.4, 0.5) is 0 Å². The molecule has 0 bridgehead atoms. The summed E-state index contributed by atoms with van der Waals surface area (Å²) in [6, 6.07) is 0. The van der Waals surface area contributed by atoms with Crippen LogP contribution in [0.25, 0.3) is 0 Å². The van der Waals surface area contributed by atoms with Gasteiger partial charge in [0.05, 0.1) is 18.3 Å². The maximum atomic E-state index is 10.2. The van der Waals surface area contributed by atoms with E-state index < -0.39 is 0 Å². The maximum absolute atomic E-state index is 10.2. The van der Waals surface area contributed by atoms with E-state index in [-0.39, 0.29) is 35.6 Å². The topological polar surface area (TPSA) is 64.7 Å². The van der Waals surface area contributed by atoms with Crippen LogP contribution in [0.2, 0.25) is 0 Å². The minimum Gasteiger partial charge on any atom is -0.393 e. The zero-order chi connectivity index (χ0) is 14.8. The van der Waals surface area contributed by atoms with Crippen LogP contribution in [-0.2, 0) is 9.47 Å². The normalized spacial score (nSPS) is 31.3. The van der Waals surface area contributed by atoms with E-state index in [9.17, 15) is 5.11 Å². The molecule has 0 aromatic heterocycles. The Morgan fingerprint density at radius 3 is 2.26 bits per heavy atom. The van der Waals surface area contributed by atoms with E-state index in [0.29, 0.717) is 6.42 Å². The Balaban J connectivity index is 2.54. The lowest BCUT2D eigenvalue weighted by atomic mass is 9.85. The molecule has 0 amide bonds. The molecule has 0 spiro atoms. The predicted octanol–water partition coefficient (Wildman–Crippen LogP) is 2.43. The Kier molecular flexibility index (Phi) is 5.41. The van der Waals surface area contributed by atoms with Crippen molar-refractivity contribution in [3.8, 4) is 0 Å². The summed E-state index contributed by atoms with van der Waals surface area (Å²) in [5, 5.41) is 10.2. The number of hydrogen-bond acceptors (Lipinski definition) is 4. The van der Waals surface area contributed by atoms with Crippen LogP contribution in [-0.4, -0.2) is 35.2 Å². The first-order chi connectivity index (χ1) is 8.47. The third-order valence-corrected chi connectivity index (χ3v) is 3.43. The fourth-order valence-electron chi connectivity index (χ4n) is 2.61. The molecule has 4 nitrogen and oxygen atoms in total. The van der Waals surface area contributed by atoms with Gasteiger partial charge in [-0.3, -0.25) is 0 Å². The number of ether oxygens (including phenoxy) is 2. The molecule has 0 aliphatic carbocycles. The van der Waals surface area contributed by atoms with Crippen molar-refractivity contribution in [1.82, 2.24) is 0 Å². The summed E-state index contributed by atoms with van der Waals surface area (Å²) in [6.07, 6.45) is 1.58. The van der Waals surface area contributed by atoms with Gasteiger partial charge in [0.15, 0.2) is 6.29 Å². The molecule has 4 atom stereocenters. The molecule has 4 unspecified atom stereocenters. The highest BCUT2D eigenvalue weighted by molar-refractivity contribution is 4.88. The predicted molar refractivity (Wildman–Crippen MR) is 76.8 cm³/mol. The monoisotopic (exact) mass is 273 g/mol. The number of aliphatic hydroxyl groups is 1. The van der Waals surface area contributed by atoms with Crippen molar-refractivity contribution < 1.29 is 14.6 Å². The summed E-state index contributed by atoms with van der Waals surface area (Å²) in [5.74, 6) is 0. The van der Waals surface area contributed by atoms with E-state index in [1.165, 1.54) is 0 Å². The molecule has 0 aromatic rings. The molecular weight excluding hydrogens is 242 g/mol. The van der Waals surface area contributed by atoms with Gasteiger partial charge in [0.25, 0.3) is 0 Å². The number of hydrogen-bond donors (Lipinski definition) is 2. The highest BCUT2D eigenvalue weighted by Gasteiger charge is 2.36. The minimum atomic E-state index is -0.384. The molecule has 0 aromatic carbocycles. The number of nitrogens with two attached hydrogens (primary N) is 1. The standard InChI is InChI=1S/C15H31NO3/c1-10-18-12(7-11(17)9-14(2,3)4)8-13(19-10)15(5,6)16/h10-13,17H,7-9,16H2,1-6H3. The van der Waals surface area contributed by atoms with Crippen LogP contribution < -0.4 is 5.73 Å². The average Bonchev–Trinajstić information content (AvgIpc) is 2.11. The summed E-state index contributed by atoms with van der Waals surface area (Å²) in [7, 11) is 0. The highest BCUT2D eigenvalue weighted by atomic mass is 16.7. The van der Waals surface area contributed by atoms with Gasteiger partial charge in [-0.1, -0.05) is 20.8 Å². The van der Waals surface area contributed by atoms with Crippen molar-refractivity contribution in [2.45, 2.75) is 90.9 Å². The lowest BCUT2D eigenvalue weighted by Crippen LogP contribution is -2.53. The summed E-state index contributed by atoms with van der Waals surface area (Å²) in [5.41, 5.74) is 5.87. The van der Waals surface area contributed by atoms with E-state index in [1.807, 2.05) is 20.8 Å². The van der Waals surface area contributed by atoms with Crippen molar-refractivity contribution in [2.75, 3.05) is 0 Å². The largest absolute Gasteiger partial charge is 0.393 e. The Hall–Kier alpha value is -0.160. The van der Waals surface area contributed by atoms with Gasteiger partial charge in [-0.05, 0) is 39.0 Å². The van der Waals surface area contributed by atoms with Crippen molar-refractivity contribution in [3.63, 3.8) is 0 Å². The third-order valence-electron chi connectivity index (χ3n) is 3.43. The molecule has 1 saturated heterocycles. The van der Waals surface area contributed by atoms with Crippen LogP contribution in [0.5, 0.6) is 0 Å². The summed E-state index contributed by atoms with van der Waals surface area (Å²) < 4.78 is 11.5. The van der Waals surface area contributed by atoms with Gasteiger partial charge in [-0.15, -0.1) is 0 Å². The second-order valence-corrected chi connectivity index (χ2v) is 7.66. The summed E-state index contributed by atoms with van der Waals surface area (Å²) in [4.78, 5) is 0.